The topological polar surface area (TPSA) is 96.7 Å². The quantitative estimate of drug-likeness (QED) is 0.581. The van der Waals surface area contributed by atoms with Crippen molar-refractivity contribution in [3.05, 3.63) is 60.3 Å². The van der Waals surface area contributed by atoms with Crippen LogP contribution in [0.3, 0.4) is 0 Å². The minimum Gasteiger partial charge on any atom is -0.346 e. The van der Waals surface area contributed by atoms with Gasteiger partial charge in [0.15, 0.2) is 9.84 Å². The molecule has 176 valence electrons. The summed E-state index contributed by atoms with van der Waals surface area (Å²) in [4.78, 5) is 21.9. The van der Waals surface area contributed by atoms with E-state index in [0.717, 1.165) is 5.65 Å². The Labute approximate surface area is 188 Å². The molecule has 0 aliphatic carbocycles. The Kier molecular flexibility index (Phi) is 6.39. The maximum atomic E-state index is 12.9. The predicted molar refractivity (Wildman–Crippen MR) is 113 cm³/mol. The van der Waals surface area contributed by atoms with Crippen LogP contribution in [0.2, 0.25) is 0 Å². The van der Waals surface area contributed by atoms with Crippen molar-refractivity contribution >= 4 is 21.4 Å². The van der Waals surface area contributed by atoms with E-state index < -0.39 is 27.8 Å². The number of alkyl halides is 3. The fraction of sp³-hybridized carbons (Fsp3) is 0.381. The molecule has 8 nitrogen and oxygen atoms in total. The molecule has 3 aromatic heterocycles. The van der Waals surface area contributed by atoms with Gasteiger partial charge in [-0.1, -0.05) is 0 Å². The zero-order chi connectivity index (χ0) is 23.6. The zero-order valence-corrected chi connectivity index (χ0v) is 18.3. The van der Waals surface area contributed by atoms with Crippen molar-refractivity contribution in [3.8, 4) is 0 Å². The number of nitrogens with zero attached hydrogens (tertiary/aromatic N) is 4. The number of imidazole rings is 1. The summed E-state index contributed by atoms with van der Waals surface area (Å²) >= 11 is 0. The summed E-state index contributed by atoms with van der Waals surface area (Å²) < 4.78 is 65.1. The van der Waals surface area contributed by atoms with Crippen molar-refractivity contribution in [1.29, 1.82) is 0 Å². The Balaban J connectivity index is 1.34. The first-order valence-corrected chi connectivity index (χ1v) is 11.9. The Morgan fingerprint density at radius 2 is 1.88 bits per heavy atom. The molecule has 0 unspecified atom stereocenters. The first kappa shape index (κ1) is 23.2. The predicted octanol–water partition coefficient (Wildman–Crippen LogP) is 2.46. The van der Waals surface area contributed by atoms with E-state index in [0.29, 0.717) is 11.3 Å². The van der Waals surface area contributed by atoms with Crippen molar-refractivity contribution in [2.75, 3.05) is 19.6 Å². The number of fused-ring (bicyclic) bond motifs is 1. The summed E-state index contributed by atoms with van der Waals surface area (Å²) in [6.07, 6.45) is 2.22. The van der Waals surface area contributed by atoms with Gasteiger partial charge in [-0.2, -0.15) is 13.2 Å². The molecular formula is C21H22F3N5O3S. The molecule has 0 saturated carbocycles. The van der Waals surface area contributed by atoms with Crippen LogP contribution in [0.5, 0.6) is 0 Å². The molecule has 3 aromatic rings. The number of hydrogen-bond acceptors (Lipinski definition) is 6. The second-order valence-electron chi connectivity index (χ2n) is 7.91. The lowest BCUT2D eigenvalue weighted by atomic mass is 10.1. The number of rotatable bonds is 6. The van der Waals surface area contributed by atoms with E-state index in [-0.39, 0.29) is 43.3 Å². The highest BCUT2D eigenvalue weighted by Gasteiger charge is 2.36. The number of carbonyl (C=O) groups is 1. The minimum atomic E-state index is -4.30. The third-order valence-corrected chi connectivity index (χ3v) is 7.83. The van der Waals surface area contributed by atoms with Gasteiger partial charge in [0.1, 0.15) is 5.65 Å². The van der Waals surface area contributed by atoms with Crippen molar-refractivity contribution in [1.82, 2.24) is 24.6 Å². The van der Waals surface area contributed by atoms with Gasteiger partial charge in [0.05, 0.1) is 34.5 Å². The average molecular weight is 482 g/mol. The molecular weight excluding hydrogens is 459 g/mol. The summed E-state index contributed by atoms with van der Waals surface area (Å²) in [7, 11) is -3.70. The maximum Gasteiger partial charge on any atom is 0.401 e. The molecule has 1 aliphatic heterocycles. The minimum absolute atomic E-state index is 0.0254. The van der Waals surface area contributed by atoms with E-state index in [9.17, 15) is 26.4 Å². The van der Waals surface area contributed by atoms with E-state index >= 15 is 0 Å². The standard InChI is InChI=1S/C21H22F3N5O3S/c22-21(23,24)14-28-8-5-17(6-9-28)33(31,32)18-3-2-16(26-12-18)11-27-20(30)15-1-4-19-25-7-10-29(19)13-15/h1-4,7,10,12-13,17H,5-6,8-9,11,14H2,(H,27,30). The lowest BCUT2D eigenvalue weighted by molar-refractivity contribution is -0.147. The highest BCUT2D eigenvalue weighted by atomic mass is 32.2. The van der Waals surface area contributed by atoms with Crippen LogP contribution in [0.4, 0.5) is 13.2 Å². The molecule has 1 amide bonds. The van der Waals surface area contributed by atoms with Crippen LogP contribution in [0.25, 0.3) is 5.65 Å². The van der Waals surface area contributed by atoms with Gasteiger partial charge in [0.25, 0.3) is 5.91 Å². The van der Waals surface area contributed by atoms with Crippen LogP contribution in [0.1, 0.15) is 28.9 Å². The Morgan fingerprint density at radius 3 is 2.55 bits per heavy atom. The SMILES string of the molecule is O=C(NCc1ccc(S(=O)(=O)C2CCN(CC(F)(F)F)CC2)cn1)c1ccc2nccn2c1. The van der Waals surface area contributed by atoms with Crippen molar-refractivity contribution in [3.63, 3.8) is 0 Å². The number of pyridine rings is 2. The van der Waals surface area contributed by atoms with Gasteiger partial charge < -0.3 is 9.72 Å². The number of halogens is 3. The van der Waals surface area contributed by atoms with Crippen LogP contribution in [0, 0.1) is 0 Å². The Morgan fingerprint density at radius 1 is 1.12 bits per heavy atom. The van der Waals surface area contributed by atoms with E-state index in [1.54, 1.807) is 35.1 Å². The number of aromatic nitrogens is 3. The Bertz CT molecular complexity index is 1230. The summed E-state index contributed by atoms with van der Waals surface area (Å²) in [6, 6.07) is 6.32. The molecule has 4 rings (SSSR count). The van der Waals surface area contributed by atoms with Crippen LogP contribution < -0.4 is 5.32 Å². The van der Waals surface area contributed by atoms with Crippen LogP contribution in [-0.2, 0) is 16.4 Å². The third-order valence-electron chi connectivity index (χ3n) is 5.58. The lowest BCUT2D eigenvalue weighted by Gasteiger charge is -2.32. The van der Waals surface area contributed by atoms with Gasteiger partial charge >= 0.3 is 6.18 Å². The second kappa shape index (κ2) is 9.10. The van der Waals surface area contributed by atoms with Crippen molar-refractivity contribution < 1.29 is 26.4 Å². The number of hydrogen-bond donors (Lipinski definition) is 1. The molecule has 0 radical (unpaired) electrons. The molecule has 1 N–H and O–H groups in total. The molecule has 0 atom stereocenters. The molecule has 0 spiro atoms. The molecule has 33 heavy (non-hydrogen) atoms. The number of piperidine rings is 1. The number of nitrogens with one attached hydrogen (secondary N) is 1. The molecule has 1 fully saturated rings. The lowest BCUT2D eigenvalue weighted by Crippen LogP contribution is -2.43. The number of sulfone groups is 1. The third kappa shape index (κ3) is 5.50. The van der Waals surface area contributed by atoms with Crippen LogP contribution in [-0.4, -0.2) is 64.7 Å². The average Bonchev–Trinajstić information content (AvgIpc) is 3.25. The Hall–Kier alpha value is -2.99. The first-order valence-electron chi connectivity index (χ1n) is 10.3. The van der Waals surface area contributed by atoms with Gasteiger partial charge in [-0.3, -0.25) is 14.7 Å². The monoisotopic (exact) mass is 481 g/mol. The van der Waals surface area contributed by atoms with Gasteiger partial charge in [0.2, 0.25) is 0 Å². The maximum absolute atomic E-state index is 12.9. The zero-order valence-electron chi connectivity index (χ0n) is 17.5. The molecule has 0 aromatic carbocycles. The van der Waals surface area contributed by atoms with Gasteiger partial charge in [0, 0.05) is 24.8 Å². The first-order chi connectivity index (χ1) is 15.6. The normalized spacial score (nSPS) is 16.2. The van der Waals surface area contributed by atoms with Gasteiger partial charge in [-0.05, 0) is 50.2 Å². The van der Waals surface area contributed by atoms with E-state index in [1.807, 2.05) is 0 Å². The van der Waals surface area contributed by atoms with Gasteiger partial charge in [-0.25, -0.2) is 13.4 Å². The van der Waals surface area contributed by atoms with Crippen LogP contribution >= 0.6 is 0 Å². The van der Waals surface area contributed by atoms with Crippen LogP contribution in [0.15, 0.2) is 53.9 Å². The smallest absolute Gasteiger partial charge is 0.346 e. The fourth-order valence-electron chi connectivity index (χ4n) is 3.83. The van der Waals surface area contributed by atoms with E-state index in [1.165, 1.54) is 23.2 Å². The molecule has 1 aliphatic rings. The molecule has 12 heteroatoms. The summed E-state index contributed by atoms with van der Waals surface area (Å²) in [5, 5.41) is 1.99. The number of likely N-dealkylation sites (tertiary alicyclic amines) is 1. The van der Waals surface area contributed by atoms with E-state index in [2.05, 4.69) is 15.3 Å². The van der Waals surface area contributed by atoms with Crippen molar-refractivity contribution in [2.45, 2.75) is 35.7 Å². The summed E-state index contributed by atoms with van der Waals surface area (Å²) in [6.45, 7) is -0.771. The summed E-state index contributed by atoms with van der Waals surface area (Å²) in [5.41, 5.74) is 1.64. The molecule has 0 bridgehead atoms. The summed E-state index contributed by atoms with van der Waals surface area (Å²) in [5.74, 6) is -0.310. The highest BCUT2D eigenvalue weighted by Crippen LogP contribution is 2.26. The second-order valence-corrected chi connectivity index (χ2v) is 10.1. The molecule has 4 heterocycles. The van der Waals surface area contributed by atoms with Gasteiger partial charge in [-0.15, -0.1) is 0 Å². The number of amides is 1. The number of carbonyl (C=O) groups excluding carboxylic acids is 1. The highest BCUT2D eigenvalue weighted by molar-refractivity contribution is 7.92. The fourth-order valence-corrected chi connectivity index (χ4v) is 5.51. The largest absolute Gasteiger partial charge is 0.401 e. The van der Waals surface area contributed by atoms with Crippen molar-refractivity contribution in [2.24, 2.45) is 0 Å². The van der Waals surface area contributed by atoms with E-state index in [4.69, 9.17) is 0 Å². The molecule has 1 saturated heterocycles.